The minimum atomic E-state index is -1.35. The molecule has 0 radical (unpaired) electrons. The average Bonchev–Trinajstić information content (AvgIpc) is 3.16. The van der Waals surface area contributed by atoms with Crippen molar-refractivity contribution in [3.05, 3.63) is 71.3 Å². The van der Waals surface area contributed by atoms with Gasteiger partial charge in [-0.2, -0.15) is 5.01 Å². The number of ether oxygens (including phenoxy) is 2. The molecule has 0 saturated heterocycles. The van der Waals surface area contributed by atoms with Crippen molar-refractivity contribution in [1.82, 2.24) is 5.01 Å². The summed E-state index contributed by atoms with van der Waals surface area (Å²) in [7, 11) is 1.43. The van der Waals surface area contributed by atoms with Gasteiger partial charge in [-0.05, 0) is 37.6 Å². The van der Waals surface area contributed by atoms with Crippen LogP contribution in [0, 0.1) is 11.6 Å². The van der Waals surface area contributed by atoms with Crippen LogP contribution in [0.1, 0.15) is 37.3 Å². The van der Waals surface area contributed by atoms with Gasteiger partial charge in [0.15, 0.2) is 0 Å². The largest absolute Gasteiger partial charge is 0.443 e. The first-order valence-corrected chi connectivity index (χ1v) is 9.82. The lowest BCUT2D eigenvalue weighted by molar-refractivity contribution is -0.163. The Bertz CT molecular complexity index is 919. The van der Waals surface area contributed by atoms with E-state index in [1.807, 2.05) is 13.0 Å². The molecule has 0 fully saturated rings. The summed E-state index contributed by atoms with van der Waals surface area (Å²) in [5, 5.41) is 5.50. The Balaban J connectivity index is 2.16. The molecule has 1 heterocycles. The van der Waals surface area contributed by atoms with Crippen LogP contribution in [0.3, 0.4) is 0 Å². The summed E-state index contributed by atoms with van der Waals surface area (Å²) in [6.45, 7) is 2.16. The van der Waals surface area contributed by atoms with Crippen molar-refractivity contribution >= 4 is 11.8 Å². The number of rotatable bonds is 8. The fourth-order valence-corrected chi connectivity index (χ4v) is 3.49. The van der Waals surface area contributed by atoms with E-state index in [2.05, 4.69) is 5.10 Å². The molecule has 3 rings (SSSR count). The van der Waals surface area contributed by atoms with Gasteiger partial charge in [-0.25, -0.2) is 8.78 Å². The number of hydrazone groups is 1. The number of nitrogens with two attached hydrogens (primary N) is 1. The van der Waals surface area contributed by atoms with Crippen LogP contribution in [0.4, 0.5) is 8.78 Å². The van der Waals surface area contributed by atoms with Gasteiger partial charge in [-0.3, -0.25) is 4.79 Å². The Hall–Kier alpha value is -2.84. The van der Waals surface area contributed by atoms with E-state index in [9.17, 15) is 13.6 Å². The highest BCUT2D eigenvalue weighted by molar-refractivity contribution is 5.97. The highest BCUT2D eigenvalue weighted by Crippen LogP contribution is 2.41. The zero-order valence-electron chi connectivity index (χ0n) is 17.0. The molecule has 2 aromatic carbocycles. The van der Waals surface area contributed by atoms with E-state index in [1.54, 1.807) is 24.3 Å². The van der Waals surface area contributed by atoms with Gasteiger partial charge in [0.05, 0.1) is 5.56 Å². The maximum absolute atomic E-state index is 14.5. The number of benzene rings is 2. The zero-order chi connectivity index (χ0) is 21.7. The summed E-state index contributed by atoms with van der Waals surface area (Å²) in [5.74, 6) is -1.96. The lowest BCUT2D eigenvalue weighted by Gasteiger charge is -2.36. The Morgan fingerprint density at radius 2 is 2.00 bits per heavy atom. The van der Waals surface area contributed by atoms with Gasteiger partial charge < -0.3 is 15.2 Å². The van der Waals surface area contributed by atoms with Crippen molar-refractivity contribution in [3.63, 3.8) is 0 Å². The van der Waals surface area contributed by atoms with Crippen LogP contribution < -0.4 is 5.73 Å². The standard InChI is InChI=1S/C22H25F2N3O3/c1-3-19(29-2)21(28)27-22(12-7-13-25,15-8-5-4-6-9-15)30-20(26-27)17-14-16(23)10-11-18(17)24/h4-6,8-11,14,19H,3,7,12-13,25H2,1-2H3/t19-,22-/m0/s1. The summed E-state index contributed by atoms with van der Waals surface area (Å²) < 4.78 is 39.8. The van der Waals surface area contributed by atoms with Crippen molar-refractivity contribution in [3.8, 4) is 0 Å². The fraction of sp³-hybridized carbons (Fsp3) is 0.364. The van der Waals surface area contributed by atoms with E-state index in [4.69, 9.17) is 15.2 Å². The molecule has 160 valence electrons. The van der Waals surface area contributed by atoms with Crippen LogP contribution in [0.5, 0.6) is 0 Å². The van der Waals surface area contributed by atoms with Crippen LogP contribution in [0.2, 0.25) is 0 Å². The number of nitrogens with zero attached hydrogens (tertiary/aromatic N) is 2. The molecule has 30 heavy (non-hydrogen) atoms. The van der Waals surface area contributed by atoms with Gasteiger partial charge >= 0.3 is 0 Å². The minimum absolute atomic E-state index is 0.163. The van der Waals surface area contributed by atoms with E-state index < -0.39 is 29.4 Å². The highest BCUT2D eigenvalue weighted by atomic mass is 19.1. The van der Waals surface area contributed by atoms with E-state index >= 15 is 0 Å². The van der Waals surface area contributed by atoms with E-state index in [0.29, 0.717) is 31.4 Å². The molecule has 2 aromatic rings. The lowest BCUT2D eigenvalue weighted by Crippen LogP contribution is -2.49. The van der Waals surface area contributed by atoms with Crippen LogP contribution in [-0.2, 0) is 20.0 Å². The van der Waals surface area contributed by atoms with Gasteiger partial charge in [-0.15, -0.1) is 5.10 Å². The second-order valence-electron chi connectivity index (χ2n) is 6.96. The van der Waals surface area contributed by atoms with Crippen molar-refractivity contribution in [2.75, 3.05) is 13.7 Å². The number of amides is 1. The molecule has 0 aliphatic carbocycles. The highest BCUT2D eigenvalue weighted by Gasteiger charge is 2.51. The van der Waals surface area contributed by atoms with Crippen molar-refractivity contribution < 1.29 is 23.0 Å². The first kappa shape index (κ1) is 21.9. The van der Waals surface area contributed by atoms with Crippen molar-refractivity contribution in [2.24, 2.45) is 10.8 Å². The van der Waals surface area contributed by atoms with Gasteiger partial charge in [0, 0.05) is 19.1 Å². The number of methoxy groups -OCH3 is 1. The second-order valence-corrected chi connectivity index (χ2v) is 6.96. The topological polar surface area (TPSA) is 77.1 Å². The molecule has 0 bridgehead atoms. The number of halogens is 2. The van der Waals surface area contributed by atoms with Crippen LogP contribution in [-0.4, -0.2) is 36.6 Å². The lowest BCUT2D eigenvalue weighted by atomic mass is 9.95. The Morgan fingerprint density at radius 3 is 2.63 bits per heavy atom. The molecule has 0 spiro atoms. The van der Waals surface area contributed by atoms with Crippen LogP contribution in [0.25, 0.3) is 0 Å². The Kier molecular flexibility index (Phi) is 6.79. The number of hydrogen-bond donors (Lipinski definition) is 1. The van der Waals surface area contributed by atoms with Gasteiger partial charge in [0.2, 0.25) is 11.6 Å². The Labute approximate surface area is 174 Å². The van der Waals surface area contributed by atoms with E-state index in [0.717, 1.165) is 18.2 Å². The molecular formula is C22H25F2N3O3. The summed E-state index contributed by atoms with van der Waals surface area (Å²) >= 11 is 0. The molecule has 0 saturated carbocycles. The van der Waals surface area contributed by atoms with E-state index in [-0.39, 0.29) is 11.5 Å². The summed E-state index contributed by atoms with van der Waals surface area (Å²) in [6.07, 6.45) is 0.461. The molecule has 2 N–H and O–H groups in total. The third kappa shape index (κ3) is 4.06. The predicted octanol–water partition coefficient (Wildman–Crippen LogP) is 3.50. The molecule has 1 aliphatic rings. The molecule has 0 unspecified atom stereocenters. The number of carbonyl (C=O) groups is 1. The quantitative estimate of drug-likeness (QED) is 0.713. The predicted molar refractivity (Wildman–Crippen MR) is 108 cm³/mol. The number of carbonyl (C=O) groups excluding carboxylic acids is 1. The van der Waals surface area contributed by atoms with Gasteiger partial charge in [-0.1, -0.05) is 37.3 Å². The molecule has 6 nitrogen and oxygen atoms in total. The van der Waals surface area contributed by atoms with Crippen LogP contribution in [0.15, 0.2) is 53.6 Å². The van der Waals surface area contributed by atoms with Crippen molar-refractivity contribution in [2.45, 2.75) is 38.0 Å². The van der Waals surface area contributed by atoms with Crippen LogP contribution >= 0.6 is 0 Å². The summed E-state index contributed by atoms with van der Waals surface area (Å²) in [4.78, 5) is 13.3. The molecule has 1 aliphatic heterocycles. The maximum atomic E-state index is 14.5. The van der Waals surface area contributed by atoms with Gasteiger partial charge in [0.25, 0.3) is 5.91 Å². The Morgan fingerprint density at radius 1 is 1.27 bits per heavy atom. The maximum Gasteiger partial charge on any atom is 0.275 e. The summed E-state index contributed by atoms with van der Waals surface area (Å²) in [6, 6.07) is 12.0. The number of hydrogen-bond acceptors (Lipinski definition) is 5. The molecule has 0 aromatic heterocycles. The first-order valence-electron chi connectivity index (χ1n) is 9.82. The normalized spacial score (nSPS) is 19.4. The third-order valence-corrected chi connectivity index (χ3v) is 5.04. The van der Waals surface area contributed by atoms with Gasteiger partial charge in [0.1, 0.15) is 17.7 Å². The fourth-order valence-electron chi connectivity index (χ4n) is 3.49. The third-order valence-electron chi connectivity index (χ3n) is 5.04. The zero-order valence-corrected chi connectivity index (χ0v) is 17.0. The molecule has 2 atom stereocenters. The smallest absolute Gasteiger partial charge is 0.275 e. The SMILES string of the molecule is CC[C@H](OC)C(=O)N1N=C(c2cc(F)ccc2F)O[C@@]1(CCCN)c1ccccc1. The minimum Gasteiger partial charge on any atom is -0.443 e. The molecule has 1 amide bonds. The average molecular weight is 417 g/mol. The first-order chi connectivity index (χ1) is 14.5. The second kappa shape index (κ2) is 9.32. The summed E-state index contributed by atoms with van der Waals surface area (Å²) in [5.41, 5.74) is 4.87. The monoisotopic (exact) mass is 417 g/mol. The van der Waals surface area contributed by atoms with E-state index in [1.165, 1.54) is 12.1 Å². The molecular weight excluding hydrogens is 392 g/mol. The van der Waals surface area contributed by atoms with Crippen molar-refractivity contribution in [1.29, 1.82) is 0 Å². The molecule has 8 heteroatoms.